The monoisotopic (exact) mass is 332 g/mol. The number of hydrogen-bond acceptors (Lipinski definition) is 6. The van der Waals surface area contributed by atoms with Crippen LogP contribution in [0.1, 0.15) is 15.9 Å². The van der Waals surface area contributed by atoms with Crippen molar-refractivity contribution < 1.29 is 28.8 Å². The van der Waals surface area contributed by atoms with E-state index in [-0.39, 0.29) is 29.3 Å². The smallest absolute Gasteiger partial charge is 0.171 e. The van der Waals surface area contributed by atoms with Gasteiger partial charge in [0.2, 0.25) is 0 Å². The molecular weight excluding hydrogens is 312 g/mol. The Morgan fingerprint density at radius 1 is 0.875 bits per heavy atom. The van der Waals surface area contributed by atoms with Gasteiger partial charge in [-0.3, -0.25) is 4.79 Å². The molecule has 0 fully saturated rings. The molecule has 6 nitrogen and oxygen atoms in total. The number of phenolic OH excluding ortho intramolecular Hbond substituents is 1. The highest BCUT2D eigenvalue weighted by Crippen LogP contribution is 2.35. The van der Waals surface area contributed by atoms with E-state index in [0.717, 1.165) is 5.56 Å². The lowest BCUT2D eigenvalue weighted by molar-refractivity contribution is 0.0989. The third-order valence-electron chi connectivity index (χ3n) is 3.62. The first-order valence-electron chi connectivity index (χ1n) is 7.23. The van der Waals surface area contributed by atoms with Crippen molar-refractivity contribution in [3.8, 4) is 28.7 Å². The van der Waals surface area contributed by atoms with Crippen LogP contribution in [-0.4, -0.2) is 39.3 Å². The molecule has 24 heavy (non-hydrogen) atoms. The third-order valence-corrected chi connectivity index (χ3v) is 3.62. The van der Waals surface area contributed by atoms with Crippen molar-refractivity contribution in [3.05, 3.63) is 41.5 Å². The second-order valence-electron chi connectivity index (χ2n) is 5.02. The lowest BCUT2D eigenvalue weighted by Gasteiger charge is -2.12. The molecule has 0 amide bonds. The highest BCUT2D eigenvalue weighted by molar-refractivity contribution is 6.01. The van der Waals surface area contributed by atoms with Crippen molar-refractivity contribution in [3.63, 3.8) is 0 Å². The average molecular weight is 332 g/mol. The highest BCUT2D eigenvalue weighted by Gasteiger charge is 2.18. The lowest BCUT2D eigenvalue weighted by atomic mass is 10.0. The molecule has 0 radical (unpaired) electrons. The molecule has 0 spiro atoms. The van der Waals surface area contributed by atoms with Crippen LogP contribution in [0.25, 0.3) is 0 Å². The number of phenols is 1. The Kier molecular flexibility index (Phi) is 5.52. The van der Waals surface area contributed by atoms with Crippen molar-refractivity contribution in [1.29, 1.82) is 0 Å². The summed E-state index contributed by atoms with van der Waals surface area (Å²) in [5.74, 6) is 1.26. The predicted molar refractivity (Wildman–Crippen MR) is 88.8 cm³/mol. The van der Waals surface area contributed by atoms with E-state index in [4.69, 9.17) is 18.9 Å². The molecule has 0 saturated carbocycles. The molecular formula is C18H20O6. The van der Waals surface area contributed by atoms with Gasteiger partial charge in [0, 0.05) is 12.5 Å². The maximum Gasteiger partial charge on any atom is 0.171 e. The van der Waals surface area contributed by atoms with Gasteiger partial charge in [-0.1, -0.05) is 6.07 Å². The van der Waals surface area contributed by atoms with Gasteiger partial charge in [0.15, 0.2) is 28.8 Å². The standard InChI is InChI=1S/C18H20O6/c1-21-12-9-13(18(20)17(10-12)24-4)14(19)7-11-5-6-15(22-2)16(8-11)23-3/h5-6,8-10,20H,7H2,1-4H3. The lowest BCUT2D eigenvalue weighted by Crippen LogP contribution is -2.06. The maximum absolute atomic E-state index is 12.6. The fourth-order valence-corrected chi connectivity index (χ4v) is 2.34. The normalized spacial score (nSPS) is 10.2. The van der Waals surface area contributed by atoms with Crippen LogP contribution in [-0.2, 0) is 6.42 Å². The van der Waals surface area contributed by atoms with Crippen LogP contribution in [0.5, 0.6) is 28.7 Å². The molecule has 0 aliphatic rings. The molecule has 0 bridgehead atoms. The van der Waals surface area contributed by atoms with E-state index in [1.807, 2.05) is 0 Å². The largest absolute Gasteiger partial charge is 0.504 e. The van der Waals surface area contributed by atoms with Crippen LogP contribution >= 0.6 is 0 Å². The first kappa shape index (κ1) is 17.5. The van der Waals surface area contributed by atoms with E-state index in [1.54, 1.807) is 25.3 Å². The maximum atomic E-state index is 12.6. The first-order valence-corrected chi connectivity index (χ1v) is 7.23. The SMILES string of the molecule is COc1cc(OC)c(O)c(C(=O)Cc2ccc(OC)c(OC)c2)c1. The third kappa shape index (κ3) is 3.53. The number of carbonyl (C=O) groups excluding carboxylic acids is 1. The number of methoxy groups -OCH3 is 4. The van der Waals surface area contributed by atoms with Crippen LogP contribution in [0, 0.1) is 0 Å². The van der Waals surface area contributed by atoms with E-state index in [0.29, 0.717) is 17.2 Å². The van der Waals surface area contributed by atoms with E-state index < -0.39 is 0 Å². The van der Waals surface area contributed by atoms with Crippen molar-refractivity contribution in [2.45, 2.75) is 6.42 Å². The van der Waals surface area contributed by atoms with Crippen LogP contribution in [0.4, 0.5) is 0 Å². The Morgan fingerprint density at radius 3 is 2.12 bits per heavy atom. The van der Waals surface area contributed by atoms with E-state index in [1.165, 1.54) is 33.5 Å². The number of benzene rings is 2. The van der Waals surface area contributed by atoms with Crippen molar-refractivity contribution >= 4 is 5.78 Å². The summed E-state index contributed by atoms with van der Waals surface area (Å²) in [6.07, 6.45) is 0.0875. The summed E-state index contributed by atoms with van der Waals surface area (Å²) in [6, 6.07) is 8.23. The Morgan fingerprint density at radius 2 is 1.54 bits per heavy atom. The van der Waals surface area contributed by atoms with Crippen molar-refractivity contribution in [1.82, 2.24) is 0 Å². The average Bonchev–Trinajstić information content (AvgIpc) is 2.61. The number of Topliss-reactive ketones (excluding diaryl/α,β-unsaturated/α-hetero) is 1. The van der Waals surface area contributed by atoms with E-state index >= 15 is 0 Å². The molecule has 0 aliphatic heterocycles. The molecule has 0 aliphatic carbocycles. The first-order chi connectivity index (χ1) is 11.5. The molecule has 1 N–H and O–H groups in total. The summed E-state index contributed by atoms with van der Waals surface area (Å²) >= 11 is 0. The van der Waals surface area contributed by atoms with Crippen molar-refractivity contribution in [2.75, 3.05) is 28.4 Å². The molecule has 2 rings (SSSR count). The minimum atomic E-state index is -0.267. The number of ketones is 1. The van der Waals surface area contributed by atoms with Crippen LogP contribution in [0.15, 0.2) is 30.3 Å². The topological polar surface area (TPSA) is 74.2 Å². The molecule has 0 saturated heterocycles. The minimum absolute atomic E-state index is 0.0875. The van der Waals surface area contributed by atoms with Gasteiger partial charge < -0.3 is 24.1 Å². The van der Waals surface area contributed by atoms with Gasteiger partial charge in [-0.2, -0.15) is 0 Å². The Labute approximate surface area is 140 Å². The zero-order valence-electron chi connectivity index (χ0n) is 14.1. The number of hydrogen-bond donors (Lipinski definition) is 1. The Hall–Kier alpha value is -2.89. The summed E-state index contributed by atoms with van der Waals surface area (Å²) in [5, 5.41) is 10.2. The van der Waals surface area contributed by atoms with Gasteiger partial charge >= 0.3 is 0 Å². The summed E-state index contributed by atoms with van der Waals surface area (Å²) in [5.41, 5.74) is 0.875. The van der Waals surface area contributed by atoms with Gasteiger partial charge in [-0.05, 0) is 23.8 Å². The van der Waals surface area contributed by atoms with Gasteiger partial charge in [0.05, 0.1) is 34.0 Å². The summed E-state index contributed by atoms with van der Waals surface area (Å²) in [4.78, 5) is 12.6. The highest BCUT2D eigenvalue weighted by atomic mass is 16.5. The molecule has 2 aromatic rings. The fourth-order valence-electron chi connectivity index (χ4n) is 2.34. The second-order valence-corrected chi connectivity index (χ2v) is 5.02. The van der Waals surface area contributed by atoms with E-state index in [2.05, 4.69) is 0 Å². The molecule has 0 unspecified atom stereocenters. The summed E-state index contributed by atoms with van der Waals surface area (Å²) in [7, 11) is 5.97. The number of aromatic hydroxyl groups is 1. The van der Waals surface area contributed by atoms with Gasteiger partial charge in [0.25, 0.3) is 0 Å². The summed E-state index contributed by atoms with van der Waals surface area (Å²) in [6.45, 7) is 0. The molecule has 0 heterocycles. The molecule has 128 valence electrons. The molecule has 0 aromatic heterocycles. The zero-order chi connectivity index (χ0) is 17.7. The zero-order valence-corrected chi connectivity index (χ0v) is 14.1. The number of ether oxygens (including phenoxy) is 4. The minimum Gasteiger partial charge on any atom is -0.504 e. The van der Waals surface area contributed by atoms with E-state index in [9.17, 15) is 9.90 Å². The Bertz CT molecular complexity index is 739. The number of carbonyl (C=O) groups is 1. The number of rotatable bonds is 7. The van der Waals surface area contributed by atoms with Crippen LogP contribution in [0.2, 0.25) is 0 Å². The van der Waals surface area contributed by atoms with Crippen LogP contribution in [0.3, 0.4) is 0 Å². The van der Waals surface area contributed by atoms with Crippen molar-refractivity contribution in [2.24, 2.45) is 0 Å². The predicted octanol–water partition coefficient (Wildman–Crippen LogP) is 2.85. The van der Waals surface area contributed by atoms with Gasteiger partial charge in [0.1, 0.15) is 5.75 Å². The molecule has 6 heteroatoms. The van der Waals surface area contributed by atoms with Gasteiger partial charge in [-0.15, -0.1) is 0 Å². The summed E-state index contributed by atoms with van der Waals surface area (Å²) < 4.78 is 20.6. The second kappa shape index (κ2) is 7.59. The quantitative estimate of drug-likeness (QED) is 0.786. The van der Waals surface area contributed by atoms with Crippen LogP contribution < -0.4 is 18.9 Å². The Balaban J connectivity index is 2.33. The molecule has 2 aromatic carbocycles. The fraction of sp³-hybridized carbons (Fsp3) is 0.278. The van der Waals surface area contributed by atoms with Gasteiger partial charge in [-0.25, -0.2) is 0 Å². The molecule has 0 atom stereocenters.